The topological polar surface area (TPSA) is 9.23 Å². The predicted octanol–water partition coefficient (Wildman–Crippen LogP) is 4.14. The molecule has 0 aliphatic heterocycles. The first-order valence-electron chi connectivity index (χ1n) is 4.61. The van der Waals surface area contributed by atoms with E-state index in [0.29, 0.717) is 0 Å². The summed E-state index contributed by atoms with van der Waals surface area (Å²) >= 11 is 0. The number of benzene rings is 1. The molecule has 0 radical (unpaired) electrons. The zero-order valence-corrected chi connectivity index (χ0v) is 11.8. The highest BCUT2D eigenvalue weighted by Crippen LogP contribution is 2.24. The fraction of sp³-hybridized carbons (Fsp3) is 0.455. The lowest BCUT2D eigenvalue weighted by Gasteiger charge is -2.14. The van der Waals surface area contributed by atoms with Crippen molar-refractivity contribution in [3.8, 4) is 0 Å². The first kappa shape index (κ1) is 14.1. The molecule has 80 valence electrons. The van der Waals surface area contributed by atoms with Crippen LogP contribution in [0.1, 0.15) is 36.1 Å². The van der Waals surface area contributed by atoms with Gasteiger partial charge in [-0.15, -0.1) is 17.0 Å². The summed E-state index contributed by atoms with van der Waals surface area (Å²) in [6.07, 6.45) is 1.22. The van der Waals surface area contributed by atoms with E-state index < -0.39 is 0 Å². The Hall–Kier alpha value is 0.0900. The van der Waals surface area contributed by atoms with E-state index in [9.17, 15) is 0 Å². The van der Waals surface area contributed by atoms with Crippen molar-refractivity contribution in [1.29, 1.82) is 0 Å². The van der Waals surface area contributed by atoms with Gasteiger partial charge in [0.05, 0.1) is 6.10 Å². The fourth-order valence-electron chi connectivity index (χ4n) is 1.61. The second kappa shape index (κ2) is 6.55. The lowest BCUT2D eigenvalue weighted by atomic mass is 10.0. The highest BCUT2D eigenvalue weighted by atomic mass is 79.9. The van der Waals surface area contributed by atoms with Gasteiger partial charge >= 0.3 is 0 Å². The molecule has 0 fully saturated rings. The van der Waals surface area contributed by atoms with Crippen LogP contribution < -0.4 is 0 Å². The lowest BCUT2D eigenvalue weighted by molar-refractivity contribution is 0.240. The van der Waals surface area contributed by atoms with Gasteiger partial charge in [-0.1, -0.05) is 36.2 Å². The summed E-state index contributed by atoms with van der Waals surface area (Å²) in [5, 5.41) is 0. The molecule has 0 aromatic heterocycles. The smallest absolute Gasteiger partial charge is 0.0858 e. The van der Waals surface area contributed by atoms with E-state index in [2.05, 4.69) is 48.4 Å². The van der Waals surface area contributed by atoms with Crippen LogP contribution in [0.5, 0.6) is 0 Å². The van der Waals surface area contributed by atoms with Gasteiger partial charge < -0.3 is 4.52 Å². The first-order valence-corrected chi connectivity index (χ1v) is 5.08. The highest BCUT2D eigenvalue weighted by Gasteiger charge is 2.07. The Kier molecular flexibility index (Phi) is 6.59. The van der Waals surface area contributed by atoms with Crippen molar-refractivity contribution in [3.05, 3.63) is 34.9 Å². The summed E-state index contributed by atoms with van der Waals surface area (Å²) in [4.78, 5) is 0. The van der Waals surface area contributed by atoms with Crippen LogP contribution in [0.4, 0.5) is 0 Å². The summed E-state index contributed by atoms with van der Waals surface area (Å²) in [6.45, 7) is 6.37. The molecule has 0 spiro atoms. The van der Waals surface area contributed by atoms with Crippen molar-refractivity contribution in [1.82, 2.24) is 0 Å². The van der Waals surface area contributed by atoms with Gasteiger partial charge in [-0.2, -0.15) is 0 Å². The first-order chi connectivity index (χ1) is 6.17. The van der Waals surface area contributed by atoms with Crippen molar-refractivity contribution in [3.63, 3.8) is 0 Å². The van der Waals surface area contributed by atoms with E-state index in [1.54, 1.807) is 0 Å². The van der Waals surface area contributed by atoms with Crippen molar-refractivity contribution >= 4 is 26.4 Å². The third-order valence-electron chi connectivity index (χ3n) is 2.15. The van der Waals surface area contributed by atoms with Crippen molar-refractivity contribution in [2.45, 2.75) is 33.3 Å². The van der Waals surface area contributed by atoms with Crippen LogP contribution in [-0.2, 0) is 4.52 Å². The minimum atomic E-state index is 0. The van der Waals surface area contributed by atoms with Crippen molar-refractivity contribution in [2.24, 2.45) is 0 Å². The Bertz CT molecular complexity index is 264. The molecule has 0 aliphatic rings. The maximum absolute atomic E-state index is 5.31. The Labute approximate surface area is 99.3 Å². The van der Waals surface area contributed by atoms with Gasteiger partial charge in [-0.25, -0.2) is 0 Å². The number of halogens is 1. The molecule has 0 amide bonds. The third-order valence-corrected chi connectivity index (χ3v) is 2.48. The number of rotatable bonds is 3. The molecule has 1 rings (SSSR count). The molecule has 2 atom stereocenters. The number of hydrogen-bond acceptors (Lipinski definition) is 1. The lowest BCUT2D eigenvalue weighted by Crippen LogP contribution is -1.97. The molecule has 1 aromatic carbocycles. The van der Waals surface area contributed by atoms with Gasteiger partial charge in [-0.05, 0) is 25.8 Å². The van der Waals surface area contributed by atoms with E-state index in [1.807, 2.05) is 0 Å². The highest BCUT2D eigenvalue weighted by molar-refractivity contribution is 8.93. The maximum Gasteiger partial charge on any atom is 0.0858 e. The maximum atomic E-state index is 5.31. The Morgan fingerprint density at radius 3 is 2.07 bits per heavy atom. The zero-order chi connectivity index (χ0) is 9.84. The van der Waals surface area contributed by atoms with Gasteiger partial charge in [0.15, 0.2) is 0 Å². The van der Waals surface area contributed by atoms with E-state index >= 15 is 0 Å². The zero-order valence-electron chi connectivity index (χ0n) is 8.91. The molecular formula is C11H18BrOP. The molecule has 14 heavy (non-hydrogen) atoms. The SMILES string of the molecule is Br.CCC(OP)c1cc(C)cc(C)c1. The van der Waals surface area contributed by atoms with E-state index in [0.717, 1.165) is 6.42 Å². The predicted molar refractivity (Wildman–Crippen MR) is 70.1 cm³/mol. The van der Waals surface area contributed by atoms with E-state index in [-0.39, 0.29) is 23.1 Å². The van der Waals surface area contributed by atoms with Crippen LogP contribution in [0.25, 0.3) is 0 Å². The standard InChI is InChI=1S/C11H17OP.BrH/c1-4-11(12-13)10-6-8(2)5-9(3)7-10;/h5-7,11H,4,13H2,1-3H3;1H. The van der Waals surface area contributed by atoms with Gasteiger partial charge in [0.1, 0.15) is 0 Å². The molecule has 0 heterocycles. The molecule has 2 unspecified atom stereocenters. The van der Waals surface area contributed by atoms with E-state index in [4.69, 9.17) is 4.52 Å². The monoisotopic (exact) mass is 276 g/mol. The number of aryl methyl sites for hydroxylation is 2. The van der Waals surface area contributed by atoms with Gasteiger partial charge in [0, 0.05) is 9.47 Å². The van der Waals surface area contributed by atoms with Crippen LogP contribution in [0, 0.1) is 13.8 Å². The number of hydrogen-bond donors (Lipinski definition) is 0. The summed E-state index contributed by atoms with van der Waals surface area (Å²) in [5.41, 5.74) is 3.88. The fourth-order valence-corrected chi connectivity index (χ4v) is 1.96. The van der Waals surface area contributed by atoms with Gasteiger partial charge in [0.2, 0.25) is 0 Å². The average molecular weight is 277 g/mol. The summed E-state index contributed by atoms with van der Waals surface area (Å²) < 4.78 is 5.31. The Balaban J connectivity index is 0.00000169. The molecule has 0 aliphatic carbocycles. The normalized spacial score (nSPS) is 12.0. The summed E-state index contributed by atoms with van der Waals surface area (Å²) in [7, 11) is 2.34. The minimum absolute atomic E-state index is 0. The Morgan fingerprint density at radius 2 is 1.71 bits per heavy atom. The minimum Gasteiger partial charge on any atom is -0.358 e. The third kappa shape index (κ3) is 3.68. The Morgan fingerprint density at radius 1 is 1.21 bits per heavy atom. The van der Waals surface area contributed by atoms with Crippen LogP contribution in [0.15, 0.2) is 18.2 Å². The van der Waals surface area contributed by atoms with Crippen LogP contribution >= 0.6 is 26.4 Å². The molecule has 0 bridgehead atoms. The quantitative estimate of drug-likeness (QED) is 0.754. The second-order valence-corrected chi connectivity index (χ2v) is 3.73. The molecule has 1 aromatic rings. The van der Waals surface area contributed by atoms with Crippen LogP contribution in [-0.4, -0.2) is 0 Å². The molecule has 0 N–H and O–H groups in total. The molecule has 0 saturated heterocycles. The molecular weight excluding hydrogens is 259 g/mol. The van der Waals surface area contributed by atoms with Crippen molar-refractivity contribution < 1.29 is 4.52 Å². The average Bonchev–Trinajstić information content (AvgIpc) is 2.04. The van der Waals surface area contributed by atoms with Gasteiger partial charge in [0.25, 0.3) is 0 Å². The molecule has 3 heteroatoms. The largest absolute Gasteiger partial charge is 0.358 e. The van der Waals surface area contributed by atoms with E-state index in [1.165, 1.54) is 16.7 Å². The summed E-state index contributed by atoms with van der Waals surface area (Å²) in [5.74, 6) is 0. The molecule has 1 nitrogen and oxygen atoms in total. The van der Waals surface area contributed by atoms with Crippen LogP contribution in [0.3, 0.4) is 0 Å². The second-order valence-electron chi connectivity index (χ2n) is 3.45. The van der Waals surface area contributed by atoms with Crippen LogP contribution in [0.2, 0.25) is 0 Å². The molecule has 0 saturated carbocycles. The summed E-state index contributed by atoms with van der Waals surface area (Å²) in [6, 6.07) is 6.55. The van der Waals surface area contributed by atoms with Gasteiger partial charge in [-0.3, -0.25) is 0 Å². The van der Waals surface area contributed by atoms with Crippen molar-refractivity contribution in [2.75, 3.05) is 0 Å².